The number of aromatic nitrogens is 3. The average molecular weight is 370 g/mol. The van der Waals surface area contributed by atoms with Crippen LogP contribution in [0.4, 0.5) is 5.69 Å². The van der Waals surface area contributed by atoms with Crippen molar-refractivity contribution in [2.45, 2.75) is 45.2 Å². The minimum atomic E-state index is 0.204. The van der Waals surface area contributed by atoms with Gasteiger partial charge in [0.1, 0.15) is 12.7 Å². The minimum Gasteiger partial charge on any atom is -0.372 e. The van der Waals surface area contributed by atoms with Gasteiger partial charge in [-0.25, -0.2) is 0 Å². The molecule has 0 radical (unpaired) electrons. The van der Waals surface area contributed by atoms with Crippen LogP contribution in [0, 0.1) is 0 Å². The lowest BCUT2D eigenvalue weighted by Crippen LogP contribution is -2.39. The molecule has 1 saturated heterocycles. The first-order chi connectivity index (χ1) is 13.3. The highest BCUT2D eigenvalue weighted by molar-refractivity contribution is 5.80. The lowest BCUT2D eigenvalue weighted by Gasteiger charge is -2.22. The van der Waals surface area contributed by atoms with E-state index in [1.165, 1.54) is 37.2 Å². The average Bonchev–Trinajstić information content (AvgIpc) is 3.41. The first-order valence-electron chi connectivity index (χ1n) is 9.91. The van der Waals surface area contributed by atoms with Gasteiger partial charge in [-0.05, 0) is 50.3 Å². The third kappa shape index (κ3) is 5.70. The summed E-state index contributed by atoms with van der Waals surface area (Å²) in [4.78, 5) is 6.83. The van der Waals surface area contributed by atoms with Gasteiger partial charge in [-0.2, -0.15) is 0 Å². The van der Waals surface area contributed by atoms with Crippen LogP contribution < -0.4 is 15.5 Å². The number of hydrogen-bond donors (Lipinski definition) is 2. The molecule has 1 aromatic heterocycles. The van der Waals surface area contributed by atoms with Crippen LogP contribution in [-0.2, 0) is 6.54 Å². The first kappa shape index (κ1) is 19.2. The summed E-state index contributed by atoms with van der Waals surface area (Å²) in [5, 5.41) is 14.5. The summed E-state index contributed by atoms with van der Waals surface area (Å²) in [7, 11) is 1.82. The van der Waals surface area contributed by atoms with E-state index in [4.69, 9.17) is 0 Å². The van der Waals surface area contributed by atoms with Crippen LogP contribution >= 0.6 is 0 Å². The molecule has 27 heavy (non-hydrogen) atoms. The molecule has 2 N–H and O–H groups in total. The molecule has 1 atom stereocenters. The van der Waals surface area contributed by atoms with Crippen molar-refractivity contribution in [2.75, 3.05) is 31.6 Å². The van der Waals surface area contributed by atoms with Crippen molar-refractivity contribution in [3.63, 3.8) is 0 Å². The first-order valence-corrected chi connectivity index (χ1v) is 9.91. The summed E-state index contributed by atoms with van der Waals surface area (Å²) in [6.45, 7) is 6.36. The molecular weight excluding hydrogens is 338 g/mol. The van der Waals surface area contributed by atoms with Crippen LogP contribution in [-0.4, -0.2) is 47.4 Å². The Bertz CT molecular complexity index is 705. The van der Waals surface area contributed by atoms with Crippen molar-refractivity contribution in [1.29, 1.82) is 0 Å². The summed E-state index contributed by atoms with van der Waals surface area (Å²) >= 11 is 0. The Hall–Kier alpha value is -2.57. The maximum Gasteiger partial charge on any atom is 0.191 e. The van der Waals surface area contributed by atoms with Gasteiger partial charge in [0.15, 0.2) is 5.96 Å². The normalized spacial score (nSPS) is 15.8. The van der Waals surface area contributed by atoms with E-state index < -0.39 is 0 Å². The third-order valence-corrected chi connectivity index (χ3v) is 5.02. The van der Waals surface area contributed by atoms with Crippen molar-refractivity contribution in [1.82, 2.24) is 25.4 Å². The van der Waals surface area contributed by atoms with E-state index in [2.05, 4.69) is 61.9 Å². The number of guanidine groups is 1. The van der Waals surface area contributed by atoms with Gasteiger partial charge >= 0.3 is 0 Å². The number of rotatable bonds is 8. The van der Waals surface area contributed by atoms with Crippen LogP contribution in [0.25, 0.3) is 0 Å². The summed E-state index contributed by atoms with van der Waals surface area (Å²) in [6, 6.07) is 9.06. The van der Waals surface area contributed by atoms with Crippen molar-refractivity contribution < 1.29 is 0 Å². The number of unbranched alkanes of at least 4 members (excludes halogenated alkanes) is 1. The van der Waals surface area contributed by atoms with Crippen molar-refractivity contribution >= 4 is 11.6 Å². The molecule has 1 unspecified atom stereocenters. The third-order valence-electron chi connectivity index (χ3n) is 5.02. The highest BCUT2D eigenvalue weighted by Gasteiger charge is 2.14. The van der Waals surface area contributed by atoms with Crippen molar-refractivity contribution in [2.24, 2.45) is 4.99 Å². The van der Waals surface area contributed by atoms with Gasteiger partial charge in [0, 0.05) is 38.9 Å². The molecule has 146 valence electrons. The summed E-state index contributed by atoms with van der Waals surface area (Å²) in [5.41, 5.74) is 2.62. The van der Waals surface area contributed by atoms with Crippen LogP contribution in [0.5, 0.6) is 0 Å². The van der Waals surface area contributed by atoms with E-state index in [1.807, 2.05) is 11.6 Å². The Labute approximate surface area is 161 Å². The van der Waals surface area contributed by atoms with Gasteiger partial charge in [-0.15, -0.1) is 10.2 Å². The highest BCUT2D eigenvalue weighted by atomic mass is 15.2. The Morgan fingerprint density at radius 3 is 2.70 bits per heavy atom. The summed E-state index contributed by atoms with van der Waals surface area (Å²) in [6.07, 6.45) is 8.25. The molecule has 0 aliphatic carbocycles. The zero-order chi connectivity index (χ0) is 18.9. The second-order valence-electron chi connectivity index (χ2n) is 7.06. The number of aliphatic imine (C=N–C) groups is 1. The monoisotopic (exact) mass is 369 g/mol. The smallest absolute Gasteiger partial charge is 0.191 e. The van der Waals surface area contributed by atoms with Gasteiger partial charge in [0.2, 0.25) is 0 Å². The SMILES string of the molecule is CN=C(NCCCCn1cnnc1)NC(C)c1cccc(N2CCCC2)c1. The van der Waals surface area contributed by atoms with E-state index >= 15 is 0 Å². The molecule has 1 aliphatic heterocycles. The Morgan fingerprint density at radius 1 is 1.19 bits per heavy atom. The van der Waals surface area contributed by atoms with E-state index in [1.54, 1.807) is 12.7 Å². The second-order valence-corrected chi connectivity index (χ2v) is 7.06. The second kappa shape index (κ2) is 9.94. The number of hydrogen-bond acceptors (Lipinski definition) is 4. The maximum atomic E-state index is 4.36. The summed E-state index contributed by atoms with van der Waals surface area (Å²) in [5.74, 6) is 0.846. The van der Waals surface area contributed by atoms with Crippen molar-refractivity contribution in [3.8, 4) is 0 Å². The fourth-order valence-electron chi connectivity index (χ4n) is 3.41. The Kier molecular flexibility index (Phi) is 7.07. The van der Waals surface area contributed by atoms with Gasteiger partial charge in [0.25, 0.3) is 0 Å². The molecule has 0 saturated carbocycles. The quantitative estimate of drug-likeness (QED) is 0.425. The number of nitrogens with zero attached hydrogens (tertiary/aromatic N) is 5. The summed E-state index contributed by atoms with van der Waals surface area (Å²) < 4.78 is 2.00. The van der Waals surface area contributed by atoms with Gasteiger partial charge in [-0.3, -0.25) is 4.99 Å². The van der Waals surface area contributed by atoms with Gasteiger partial charge in [0.05, 0.1) is 6.04 Å². The molecule has 7 nitrogen and oxygen atoms in total. The number of benzene rings is 1. The molecule has 1 fully saturated rings. The Morgan fingerprint density at radius 2 is 1.96 bits per heavy atom. The minimum absolute atomic E-state index is 0.204. The molecule has 1 aromatic carbocycles. The molecule has 0 spiro atoms. The van der Waals surface area contributed by atoms with E-state index in [-0.39, 0.29) is 6.04 Å². The van der Waals surface area contributed by atoms with E-state index in [0.29, 0.717) is 0 Å². The zero-order valence-electron chi connectivity index (χ0n) is 16.4. The van der Waals surface area contributed by atoms with Crippen LogP contribution in [0.2, 0.25) is 0 Å². The van der Waals surface area contributed by atoms with E-state index in [9.17, 15) is 0 Å². The van der Waals surface area contributed by atoms with Gasteiger partial charge < -0.3 is 20.1 Å². The molecule has 7 heteroatoms. The van der Waals surface area contributed by atoms with Gasteiger partial charge in [-0.1, -0.05) is 12.1 Å². The predicted octanol–water partition coefficient (Wildman–Crippen LogP) is 2.58. The molecule has 1 aliphatic rings. The molecule has 3 rings (SSSR count). The molecule has 0 amide bonds. The molecule has 2 aromatic rings. The van der Waals surface area contributed by atoms with Crippen LogP contribution in [0.1, 0.15) is 44.2 Å². The molecule has 2 heterocycles. The number of nitrogens with one attached hydrogen (secondary N) is 2. The standard InChI is InChI=1S/C20H31N7/c1-17(18-8-7-9-19(14-18)27-12-5-6-13-27)25-20(21-2)22-10-3-4-11-26-15-23-24-16-26/h7-9,14-17H,3-6,10-13H2,1-2H3,(H2,21,22,25). The fourth-order valence-corrected chi connectivity index (χ4v) is 3.41. The lowest BCUT2D eigenvalue weighted by molar-refractivity contribution is 0.593. The van der Waals surface area contributed by atoms with E-state index in [0.717, 1.165) is 31.9 Å². The molecular formula is C20H31N7. The molecule has 0 bridgehead atoms. The topological polar surface area (TPSA) is 70.4 Å². The number of anilines is 1. The number of aryl methyl sites for hydroxylation is 1. The predicted molar refractivity (Wildman–Crippen MR) is 110 cm³/mol. The Balaban J connectivity index is 1.44. The largest absolute Gasteiger partial charge is 0.372 e. The lowest BCUT2D eigenvalue weighted by atomic mass is 10.1. The van der Waals surface area contributed by atoms with Crippen LogP contribution in [0.3, 0.4) is 0 Å². The van der Waals surface area contributed by atoms with Crippen molar-refractivity contribution in [3.05, 3.63) is 42.5 Å². The van der Waals surface area contributed by atoms with Crippen LogP contribution in [0.15, 0.2) is 41.9 Å². The zero-order valence-corrected chi connectivity index (χ0v) is 16.4. The maximum absolute atomic E-state index is 4.36. The highest BCUT2D eigenvalue weighted by Crippen LogP contribution is 2.23. The fraction of sp³-hybridized carbons (Fsp3) is 0.550.